The fourth-order valence-electron chi connectivity index (χ4n) is 4.44. The van der Waals surface area contributed by atoms with Crippen molar-refractivity contribution in [3.63, 3.8) is 0 Å². The molecule has 0 saturated carbocycles. The molecule has 0 aromatic rings. The predicted molar refractivity (Wildman–Crippen MR) is 114 cm³/mol. The Kier molecular flexibility index (Phi) is 6.28. The van der Waals surface area contributed by atoms with Gasteiger partial charge in [-0.25, -0.2) is 0 Å². The highest BCUT2D eigenvalue weighted by molar-refractivity contribution is 6.45. The summed E-state index contributed by atoms with van der Waals surface area (Å²) in [6.07, 6.45) is 6.59. The van der Waals surface area contributed by atoms with Crippen molar-refractivity contribution in [2.24, 2.45) is 23.7 Å². The molecule has 170 valence electrons. The number of rotatable bonds is 6. The minimum Gasteiger partial charge on any atom is -0.481 e. The molecule has 0 radical (unpaired) electrons. The van der Waals surface area contributed by atoms with Crippen molar-refractivity contribution >= 4 is 23.4 Å². The molecule has 8 heteroatoms. The molecule has 3 rings (SSSR count). The fourth-order valence-corrected chi connectivity index (χ4v) is 4.79. The number of carbonyl (C=O) groups is 2. The fraction of sp³-hybridized carbons (Fsp3) is 0.565. The average Bonchev–Trinajstić information content (AvgIpc) is 2.98. The maximum absolute atomic E-state index is 13.3. The Labute approximate surface area is 186 Å². The third kappa shape index (κ3) is 3.67. The third-order valence-corrected chi connectivity index (χ3v) is 7.14. The number of carbonyl (C=O) groups excluding carboxylic acids is 1. The number of aliphatic carboxylic acids is 1. The molecule has 7 atom stereocenters. The van der Waals surface area contributed by atoms with Crippen LogP contribution in [0.1, 0.15) is 41.0 Å². The zero-order valence-electron chi connectivity index (χ0n) is 18.3. The van der Waals surface area contributed by atoms with E-state index in [1.807, 2.05) is 6.08 Å². The minimum absolute atomic E-state index is 0.110. The Morgan fingerprint density at radius 2 is 2.00 bits per heavy atom. The zero-order valence-corrected chi connectivity index (χ0v) is 19.0. The van der Waals surface area contributed by atoms with Crippen LogP contribution in [-0.4, -0.2) is 44.6 Å². The Balaban J connectivity index is 2.12. The number of ketones is 1. The number of aliphatic hydroxyl groups is 2. The summed E-state index contributed by atoms with van der Waals surface area (Å²) in [6, 6.07) is 0. The standard InChI is InChI=1S/C23H29ClO7/c1-6-11(2)7-8-14-9-15-16(10-30-14)17-18(21(27)28)23(29,12(3)13(4)25)31-22(17,5)20(26)19(15)24/h7-13,17-18,25,29H,6H2,1-5H3,(H,27,28)/b8-7+. The van der Waals surface area contributed by atoms with E-state index in [2.05, 4.69) is 13.8 Å². The van der Waals surface area contributed by atoms with Crippen LogP contribution in [0.5, 0.6) is 0 Å². The summed E-state index contributed by atoms with van der Waals surface area (Å²) in [4.78, 5) is 25.6. The zero-order chi connectivity index (χ0) is 23.3. The Morgan fingerprint density at radius 1 is 1.35 bits per heavy atom. The quantitative estimate of drug-likeness (QED) is 0.566. The van der Waals surface area contributed by atoms with E-state index in [1.165, 1.54) is 27.0 Å². The van der Waals surface area contributed by atoms with Crippen LogP contribution in [0.3, 0.4) is 0 Å². The summed E-state index contributed by atoms with van der Waals surface area (Å²) in [5, 5.41) is 31.3. The SMILES string of the molecule is CCC(C)/C=C/C1=CC2=C(Cl)C(=O)C3(C)OC(O)(C(C)C(C)O)C(C(=O)O)C3C2=CO1. The summed E-state index contributed by atoms with van der Waals surface area (Å²) in [5.41, 5.74) is -1.00. The van der Waals surface area contributed by atoms with E-state index in [0.717, 1.165) is 6.42 Å². The summed E-state index contributed by atoms with van der Waals surface area (Å²) in [5.74, 6) is -7.03. The second kappa shape index (κ2) is 8.20. The molecule has 2 heterocycles. The van der Waals surface area contributed by atoms with Gasteiger partial charge in [0.25, 0.3) is 0 Å². The van der Waals surface area contributed by atoms with E-state index in [9.17, 15) is 24.9 Å². The van der Waals surface area contributed by atoms with Crippen molar-refractivity contribution in [2.75, 3.05) is 0 Å². The normalized spacial score (nSPS) is 35.7. The molecule has 0 aromatic heterocycles. The van der Waals surface area contributed by atoms with Gasteiger partial charge in [0, 0.05) is 23.0 Å². The average molecular weight is 453 g/mol. The van der Waals surface area contributed by atoms with Crippen molar-refractivity contribution in [2.45, 2.75) is 58.5 Å². The lowest BCUT2D eigenvalue weighted by Gasteiger charge is -2.37. The largest absolute Gasteiger partial charge is 0.481 e. The summed E-state index contributed by atoms with van der Waals surface area (Å²) < 4.78 is 11.5. The van der Waals surface area contributed by atoms with E-state index in [1.54, 1.807) is 12.2 Å². The van der Waals surface area contributed by atoms with E-state index in [-0.39, 0.29) is 5.03 Å². The Bertz CT molecular complexity index is 915. The van der Waals surface area contributed by atoms with Gasteiger partial charge in [0.2, 0.25) is 5.78 Å². The van der Waals surface area contributed by atoms with Crippen molar-refractivity contribution in [1.29, 1.82) is 0 Å². The lowest BCUT2D eigenvalue weighted by molar-refractivity contribution is -0.268. The van der Waals surface area contributed by atoms with Gasteiger partial charge >= 0.3 is 5.97 Å². The minimum atomic E-state index is -2.29. The molecule has 0 aromatic carbocycles. The van der Waals surface area contributed by atoms with Crippen LogP contribution in [0.4, 0.5) is 0 Å². The highest BCUT2D eigenvalue weighted by Gasteiger charge is 2.70. The lowest BCUT2D eigenvalue weighted by atomic mass is 9.66. The van der Waals surface area contributed by atoms with Gasteiger partial charge in [-0.1, -0.05) is 44.9 Å². The Hall–Kier alpha value is -1.93. The molecule has 31 heavy (non-hydrogen) atoms. The molecular formula is C23H29ClO7. The van der Waals surface area contributed by atoms with E-state index in [0.29, 0.717) is 22.8 Å². The molecule has 3 aliphatic rings. The van der Waals surface area contributed by atoms with Crippen LogP contribution in [0.15, 0.2) is 46.4 Å². The van der Waals surface area contributed by atoms with Gasteiger partial charge in [-0.3, -0.25) is 9.59 Å². The number of aliphatic hydroxyl groups excluding tert-OH is 1. The van der Waals surface area contributed by atoms with Crippen LogP contribution in [-0.2, 0) is 19.1 Å². The van der Waals surface area contributed by atoms with Crippen molar-refractivity contribution in [1.82, 2.24) is 0 Å². The van der Waals surface area contributed by atoms with Crippen LogP contribution in [0, 0.1) is 23.7 Å². The number of Topliss-reactive ketones (excluding diaryl/α,β-unsaturated/α-hetero) is 1. The molecule has 0 spiro atoms. The summed E-state index contributed by atoms with van der Waals surface area (Å²) >= 11 is 6.42. The molecule has 1 saturated heterocycles. The number of hydrogen-bond acceptors (Lipinski definition) is 6. The summed E-state index contributed by atoms with van der Waals surface area (Å²) in [7, 11) is 0. The van der Waals surface area contributed by atoms with Gasteiger partial charge in [-0.15, -0.1) is 0 Å². The predicted octanol–water partition coefficient (Wildman–Crippen LogP) is 3.27. The first-order valence-corrected chi connectivity index (χ1v) is 10.8. The third-order valence-electron chi connectivity index (χ3n) is 6.76. The Morgan fingerprint density at radius 3 is 2.55 bits per heavy atom. The first-order chi connectivity index (χ1) is 14.4. The molecular weight excluding hydrogens is 424 g/mol. The topological polar surface area (TPSA) is 113 Å². The van der Waals surface area contributed by atoms with Gasteiger partial charge in [0.05, 0.1) is 17.4 Å². The highest BCUT2D eigenvalue weighted by Crippen LogP contribution is 2.58. The molecule has 1 fully saturated rings. The number of allylic oxidation sites excluding steroid dienone is 4. The highest BCUT2D eigenvalue weighted by atomic mass is 35.5. The monoisotopic (exact) mass is 452 g/mol. The smallest absolute Gasteiger partial charge is 0.312 e. The van der Waals surface area contributed by atoms with Gasteiger partial charge in [0.15, 0.2) is 5.79 Å². The molecule has 0 amide bonds. The molecule has 1 aliphatic carbocycles. The lowest BCUT2D eigenvalue weighted by Crippen LogP contribution is -2.50. The van der Waals surface area contributed by atoms with Gasteiger partial charge in [-0.2, -0.15) is 0 Å². The first kappa shape index (κ1) is 23.7. The number of fused-ring (bicyclic) bond motifs is 3. The number of halogens is 1. The van der Waals surface area contributed by atoms with E-state index >= 15 is 0 Å². The maximum atomic E-state index is 13.3. The van der Waals surface area contributed by atoms with Crippen molar-refractivity contribution in [3.05, 3.63) is 46.4 Å². The molecule has 7 unspecified atom stereocenters. The number of hydrogen-bond donors (Lipinski definition) is 3. The number of ether oxygens (including phenoxy) is 2. The van der Waals surface area contributed by atoms with Crippen molar-refractivity contribution in [3.8, 4) is 0 Å². The number of carboxylic acids is 1. The maximum Gasteiger partial charge on any atom is 0.312 e. The van der Waals surface area contributed by atoms with Gasteiger partial charge < -0.3 is 24.8 Å². The number of carboxylic acid groups (broad SMARTS) is 1. The van der Waals surface area contributed by atoms with Crippen LogP contribution < -0.4 is 0 Å². The summed E-state index contributed by atoms with van der Waals surface area (Å²) in [6.45, 7) is 8.44. The molecule has 0 bridgehead atoms. The van der Waals surface area contributed by atoms with E-state index < -0.39 is 47.0 Å². The molecule has 7 nitrogen and oxygen atoms in total. The van der Waals surface area contributed by atoms with Crippen LogP contribution in [0.25, 0.3) is 0 Å². The van der Waals surface area contributed by atoms with E-state index in [4.69, 9.17) is 21.1 Å². The van der Waals surface area contributed by atoms with Gasteiger partial charge in [0.1, 0.15) is 17.3 Å². The van der Waals surface area contributed by atoms with Crippen LogP contribution in [0.2, 0.25) is 0 Å². The second-order valence-corrected chi connectivity index (χ2v) is 9.20. The molecule has 3 N–H and O–H groups in total. The second-order valence-electron chi connectivity index (χ2n) is 8.82. The van der Waals surface area contributed by atoms with Crippen LogP contribution >= 0.6 is 11.6 Å². The first-order valence-electron chi connectivity index (χ1n) is 10.4. The van der Waals surface area contributed by atoms with Crippen molar-refractivity contribution < 1.29 is 34.4 Å². The van der Waals surface area contributed by atoms with Gasteiger partial charge in [-0.05, 0) is 31.9 Å². The molecule has 2 aliphatic heterocycles.